The van der Waals surface area contributed by atoms with E-state index < -0.39 is 98.1 Å². The van der Waals surface area contributed by atoms with E-state index in [0.717, 1.165) is 13.0 Å². The van der Waals surface area contributed by atoms with Gasteiger partial charge in [-0.25, -0.2) is 5.43 Å². The molecule has 0 spiro atoms. The monoisotopic (exact) mass is 575 g/mol. The average Bonchev–Trinajstić information content (AvgIpc) is 2.88. The zero-order valence-electron chi connectivity index (χ0n) is 20.0. The van der Waals surface area contributed by atoms with E-state index in [-0.39, 0.29) is 0 Å². The van der Waals surface area contributed by atoms with Crippen LogP contribution in [0.4, 0.5) is 34.1 Å². The third-order valence-electron chi connectivity index (χ3n) is 6.11. The Morgan fingerprint density at radius 3 is 1.12 bits per heavy atom. The Kier molecular flexibility index (Phi) is 7.30. The van der Waals surface area contributed by atoms with Crippen LogP contribution in [0.15, 0.2) is 41.7 Å². The lowest BCUT2D eigenvalue weighted by atomic mass is 9.70. The molecule has 4 N–H and O–H groups in total. The maximum atomic E-state index is 11.7. The summed E-state index contributed by atoms with van der Waals surface area (Å²) in [5.41, 5.74) is -9.11. The van der Waals surface area contributed by atoms with Gasteiger partial charge in [-0.3, -0.25) is 50.6 Å². The Balaban J connectivity index is 2.67. The molecule has 0 amide bonds. The van der Waals surface area contributed by atoms with Crippen LogP contribution >= 0.6 is 0 Å². The van der Waals surface area contributed by atoms with Crippen molar-refractivity contribution in [3.05, 3.63) is 109 Å². The first kappa shape index (κ1) is 29.0. The van der Waals surface area contributed by atoms with E-state index in [9.17, 15) is 70.8 Å². The molecule has 3 aromatic carbocycles. The van der Waals surface area contributed by atoms with Crippen molar-refractivity contribution in [3.8, 4) is 17.2 Å². The molecule has 0 aliphatic carbocycles. The number of phenols is 3. The Bertz CT molecular complexity index is 1540. The van der Waals surface area contributed by atoms with Crippen LogP contribution in [0.3, 0.4) is 0 Å². The summed E-state index contributed by atoms with van der Waals surface area (Å²) >= 11 is 0. The fourth-order valence-electron chi connectivity index (χ4n) is 4.02. The van der Waals surface area contributed by atoms with Gasteiger partial charge in [-0.2, -0.15) is 0 Å². The lowest BCUT2D eigenvalue weighted by Crippen LogP contribution is -2.26. The van der Waals surface area contributed by atoms with Crippen molar-refractivity contribution in [2.45, 2.75) is 12.3 Å². The molecule has 41 heavy (non-hydrogen) atoms. The van der Waals surface area contributed by atoms with Crippen molar-refractivity contribution in [1.29, 1.82) is 0 Å². The third-order valence-corrected chi connectivity index (χ3v) is 6.11. The van der Waals surface area contributed by atoms with Gasteiger partial charge in [0, 0.05) is 35.7 Å². The summed E-state index contributed by atoms with van der Waals surface area (Å²) in [5, 5.41) is 91.0. The summed E-state index contributed by atoms with van der Waals surface area (Å²) in [4.78, 5) is 63.1. The minimum Gasteiger partial charge on any atom is -0.501 e. The van der Waals surface area contributed by atoms with Crippen LogP contribution in [0.5, 0.6) is 17.2 Å². The van der Waals surface area contributed by atoms with Gasteiger partial charge in [-0.15, -0.1) is 4.91 Å². The first-order chi connectivity index (χ1) is 19.1. The Hall–Kier alpha value is -6.54. The molecule has 0 radical (unpaired) electrons. The third kappa shape index (κ3) is 4.87. The molecule has 0 aliphatic rings. The highest BCUT2D eigenvalue weighted by Crippen LogP contribution is 2.50. The highest BCUT2D eigenvalue weighted by atomic mass is 16.6. The number of nitroso groups, excluding NO2 is 1. The molecule has 212 valence electrons. The van der Waals surface area contributed by atoms with Gasteiger partial charge >= 0.3 is 28.4 Å². The molecule has 0 aliphatic heterocycles. The number of nitrogens with one attached hydrogen (secondary N) is 1. The number of nitrogens with zero attached hydrogens (tertiary/aromatic N) is 6. The van der Waals surface area contributed by atoms with E-state index in [0.29, 0.717) is 30.3 Å². The predicted molar refractivity (Wildman–Crippen MR) is 133 cm³/mol. The number of nitro benzene ring substituents is 5. The van der Waals surface area contributed by atoms with Gasteiger partial charge in [0.1, 0.15) is 5.69 Å². The van der Waals surface area contributed by atoms with Crippen LogP contribution < -0.4 is 5.43 Å². The van der Waals surface area contributed by atoms with Crippen LogP contribution in [0.25, 0.3) is 0 Å². The second-order valence-electron chi connectivity index (χ2n) is 8.23. The molecule has 0 atom stereocenters. The Morgan fingerprint density at radius 1 is 0.585 bits per heavy atom. The highest BCUT2D eigenvalue weighted by molar-refractivity contribution is 5.73. The average molecular weight is 575 g/mol. The fourth-order valence-corrected chi connectivity index (χ4v) is 4.02. The van der Waals surface area contributed by atoms with E-state index in [1.54, 1.807) is 5.43 Å². The number of hydrogen-bond donors (Lipinski definition) is 4. The lowest BCUT2D eigenvalue weighted by Gasteiger charge is -2.31. The highest BCUT2D eigenvalue weighted by Gasteiger charge is 2.42. The summed E-state index contributed by atoms with van der Waals surface area (Å²) in [6.07, 6.45) is 0. The van der Waals surface area contributed by atoms with Crippen LogP contribution in [-0.4, -0.2) is 39.9 Å². The summed E-state index contributed by atoms with van der Waals surface area (Å²) in [7, 11) is 0. The number of anilines is 1. The molecule has 21 heteroatoms. The van der Waals surface area contributed by atoms with Crippen molar-refractivity contribution in [2.24, 2.45) is 5.29 Å². The number of hydrogen-bond acceptors (Lipinski definition) is 15. The van der Waals surface area contributed by atoms with E-state index >= 15 is 0 Å². The maximum Gasteiger partial charge on any atom is 0.318 e. The summed E-state index contributed by atoms with van der Waals surface area (Å²) in [6, 6.07) is 3.69. The molecule has 0 aromatic heterocycles. The smallest absolute Gasteiger partial charge is 0.318 e. The molecule has 0 fully saturated rings. The first-order valence-corrected chi connectivity index (χ1v) is 10.5. The van der Waals surface area contributed by atoms with Crippen LogP contribution in [-0.2, 0) is 5.41 Å². The molecule has 3 rings (SSSR count). The van der Waals surface area contributed by atoms with E-state index in [2.05, 4.69) is 5.29 Å². The molecule has 0 saturated heterocycles. The molecule has 21 nitrogen and oxygen atoms in total. The lowest BCUT2D eigenvalue weighted by molar-refractivity contribution is -0.396. The minimum atomic E-state index is -2.32. The molecular formula is C20H13N7O14. The summed E-state index contributed by atoms with van der Waals surface area (Å²) in [6.45, 7) is 1.03. The molecule has 0 heterocycles. The van der Waals surface area contributed by atoms with Gasteiger partial charge in [0.2, 0.25) is 5.75 Å². The van der Waals surface area contributed by atoms with E-state index in [1.165, 1.54) is 0 Å². The number of aromatic hydroxyl groups is 3. The zero-order chi connectivity index (χ0) is 31.0. The standard InChI is InChI=1S/C20H13N7O14/c1-20(8-2-11(21-22-31)17(28)12(3-8)23(32)33,9-4-13(24(34)35)18(29)14(5-9)25(36)37)10-6-15(26(38)39)19(30)16(7-10)27(40)41/h2-7,28-30H,1H3,(H,21,31). The van der Waals surface area contributed by atoms with Crippen molar-refractivity contribution < 1.29 is 39.9 Å². The maximum absolute atomic E-state index is 11.7. The second kappa shape index (κ2) is 10.3. The largest absolute Gasteiger partial charge is 0.501 e. The van der Waals surface area contributed by atoms with Gasteiger partial charge in [0.25, 0.3) is 11.5 Å². The van der Waals surface area contributed by atoms with Crippen LogP contribution in [0, 0.1) is 55.5 Å². The molecular weight excluding hydrogens is 562 g/mol. The molecule has 0 bridgehead atoms. The number of benzene rings is 3. The van der Waals surface area contributed by atoms with Gasteiger partial charge in [-0.05, 0) is 29.7 Å². The van der Waals surface area contributed by atoms with Crippen molar-refractivity contribution in [1.82, 2.24) is 0 Å². The SMILES string of the molecule is CC(c1cc(NN=O)c(O)c([N+](=O)[O-])c1)(c1cc([N+](=O)[O-])c(O)c([N+](=O)[O-])c1)c1cc([N+](=O)[O-])c(O)c([N+](=O)[O-])c1. The normalized spacial score (nSPS) is 11.0. The van der Waals surface area contributed by atoms with Gasteiger partial charge < -0.3 is 15.3 Å². The Labute approximate surface area is 223 Å². The molecule has 0 unspecified atom stereocenters. The van der Waals surface area contributed by atoms with Crippen LogP contribution in [0.1, 0.15) is 23.6 Å². The number of nitro groups is 5. The van der Waals surface area contributed by atoms with Crippen molar-refractivity contribution in [3.63, 3.8) is 0 Å². The zero-order valence-corrected chi connectivity index (χ0v) is 20.0. The fraction of sp³-hybridized carbons (Fsp3) is 0.100. The van der Waals surface area contributed by atoms with Crippen LogP contribution in [0.2, 0.25) is 0 Å². The number of rotatable bonds is 10. The van der Waals surface area contributed by atoms with E-state index in [1.807, 2.05) is 0 Å². The topological polar surface area (TPSA) is 318 Å². The Morgan fingerprint density at radius 2 is 0.854 bits per heavy atom. The van der Waals surface area contributed by atoms with Crippen molar-refractivity contribution in [2.75, 3.05) is 5.43 Å². The van der Waals surface area contributed by atoms with Gasteiger partial charge in [-0.1, -0.05) is 0 Å². The second-order valence-corrected chi connectivity index (χ2v) is 8.23. The predicted octanol–water partition coefficient (Wildman–Crippen LogP) is 3.79. The summed E-state index contributed by atoms with van der Waals surface area (Å²) < 4.78 is 0. The van der Waals surface area contributed by atoms with Gasteiger partial charge in [0.05, 0.1) is 29.9 Å². The number of phenolic OH excluding ortho intramolecular Hbond substituents is 3. The van der Waals surface area contributed by atoms with Gasteiger partial charge in [0.15, 0.2) is 0 Å². The van der Waals surface area contributed by atoms with Crippen molar-refractivity contribution >= 4 is 34.1 Å². The quantitative estimate of drug-likeness (QED) is 0.0877. The minimum absolute atomic E-state index is 0.475. The summed E-state index contributed by atoms with van der Waals surface area (Å²) in [5.74, 6) is -3.94. The molecule has 0 saturated carbocycles. The first-order valence-electron chi connectivity index (χ1n) is 10.5. The molecule has 3 aromatic rings. The van der Waals surface area contributed by atoms with E-state index in [4.69, 9.17) is 0 Å².